The number of benzene rings is 2. The summed E-state index contributed by atoms with van der Waals surface area (Å²) in [5.41, 5.74) is 5.54. The number of hydrazine groups is 1. The molecule has 0 radical (unpaired) electrons. The van der Waals surface area contributed by atoms with Crippen molar-refractivity contribution < 1.29 is 4.74 Å². The molecule has 2 atom stereocenters. The van der Waals surface area contributed by atoms with E-state index >= 15 is 0 Å². The Hall–Kier alpha value is -1.36. The molecule has 2 unspecified atom stereocenters. The number of hydrogen-bond donors (Lipinski definition) is 2. The van der Waals surface area contributed by atoms with Gasteiger partial charge in [0.25, 0.3) is 0 Å². The first-order valence-corrected chi connectivity index (χ1v) is 7.99. The van der Waals surface area contributed by atoms with Gasteiger partial charge in [0.1, 0.15) is 5.75 Å². The summed E-state index contributed by atoms with van der Waals surface area (Å²) in [6.07, 6.45) is 1.89. The topological polar surface area (TPSA) is 47.3 Å². The van der Waals surface area contributed by atoms with Gasteiger partial charge < -0.3 is 4.74 Å². The second kappa shape index (κ2) is 6.60. The van der Waals surface area contributed by atoms with Crippen molar-refractivity contribution in [2.24, 2.45) is 5.84 Å². The highest BCUT2D eigenvalue weighted by Gasteiger charge is 2.28. The lowest BCUT2D eigenvalue weighted by molar-refractivity contribution is 0.245. The third-order valence-corrected chi connectivity index (χ3v) is 4.60. The number of fused-ring (bicyclic) bond motifs is 1. The van der Waals surface area contributed by atoms with Crippen molar-refractivity contribution in [3.05, 3.63) is 64.1 Å². The fourth-order valence-electron chi connectivity index (χ4n) is 2.98. The minimum Gasteiger partial charge on any atom is -0.493 e. The Morgan fingerprint density at radius 2 is 1.95 bits per heavy atom. The predicted molar refractivity (Wildman–Crippen MR) is 88.3 cm³/mol. The Kier molecular flexibility index (Phi) is 4.58. The van der Waals surface area contributed by atoms with Crippen LogP contribution in [0.4, 0.5) is 0 Å². The van der Waals surface area contributed by atoms with Crippen molar-refractivity contribution in [3.63, 3.8) is 0 Å². The van der Waals surface area contributed by atoms with E-state index < -0.39 is 0 Å². The predicted octanol–water partition coefficient (Wildman–Crippen LogP) is 3.39. The first-order chi connectivity index (χ1) is 10.3. The second-order valence-corrected chi connectivity index (χ2v) is 6.30. The molecule has 0 aliphatic carbocycles. The molecule has 0 saturated carbocycles. The molecule has 3 rings (SSSR count). The third kappa shape index (κ3) is 3.28. The SMILES string of the molecule is NNC(Cc1ccc(Br)cc1)C1CCOc2ccccc21. The van der Waals surface area contributed by atoms with Crippen LogP contribution in [0.1, 0.15) is 23.5 Å². The van der Waals surface area contributed by atoms with Gasteiger partial charge in [-0.1, -0.05) is 46.3 Å². The Bertz CT molecular complexity index is 600. The summed E-state index contributed by atoms with van der Waals surface area (Å²) < 4.78 is 6.84. The number of para-hydroxylation sites is 1. The smallest absolute Gasteiger partial charge is 0.122 e. The average Bonchev–Trinajstić information content (AvgIpc) is 2.54. The molecule has 1 aliphatic rings. The largest absolute Gasteiger partial charge is 0.493 e. The van der Waals surface area contributed by atoms with Crippen LogP contribution in [0.25, 0.3) is 0 Å². The minimum atomic E-state index is 0.205. The lowest BCUT2D eigenvalue weighted by Crippen LogP contribution is -2.42. The van der Waals surface area contributed by atoms with Gasteiger partial charge >= 0.3 is 0 Å². The molecule has 3 N–H and O–H groups in total. The molecule has 4 heteroatoms. The molecule has 0 spiro atoms. The lowest BCUT2D eigenvalue weighted by atomic mass is 9.84. The highest BCUT2D eigenvalue weighted by molar-refractivity contribution is 9.10. The summed E-state index contributed by atoms with van der Waals surface area (Å²) in [7, 11) is 0. The van der Waals surface area contributed by atoms with Crippen LogP contribution in [0.2, 0.25) is 0 Å². The van der Waals surface area contributed by atoms with Gasteiger partial charge in [-0.2, -0.15) is 0 Å². The zero-order valence-electron chi connectivity index (χ0n) is 11.8. The molecule has 1 aliphatic heterocycles. The van der Waals surface area contributed by atoms with Crippen molar-refractivity contribution in [1.82, 2.24) is 5.43 Å². The standard InChI is InChI=1S/C17H19BrN2O/c18-13-7-5-12(6-8-13)11-16(20-19)14-9-10-21-17-4-2-1-3-15(14)17/h1-8,14,16,20H,9-11,19H2. The van der Waals surface area contributed by atoms with E-state index in [-0.39, 0.29) is 6.04 Å². The van der Waals surface area contributed by atoms with Crippen LogP contribution in [-0.2, 0) is 6.42 Å². The summed E-state index contributed by atoms with van der Waals surface area (Å²) in [6.45, 7) is 0.750. The van der Waals surface area contributed by atoms with Crippen LogP contribution in [0, 0.1) is 0 Å². The Morgan fingerprint density at radius 1 is 1.19 bits per heavy atom. The molecule has 0 aromatic heterocycles. The van der Waals surface area contributed by atoms with E-state index in [2.05, 4.69) is 57.8 Å². The highest BCUT2D eigenvalue weighted by Crippen LogP contribution is 2.36. The minimum absolute atomic E-state index is 0.205. The van der Waals surface area contributed by atoms with Crippen LogP contribution in [0.3, 0.4) is 0 Å². The van der Waals surface area contributed by atoms with E-state index in [4.69, 9.17) is 10.6 Å². The van der Waals surface area contributed by atoms with Gasteiger partial charge in [-0.15, -0.1) is 0 Å². The van der Waals surface area contributed by atoms with Gasteiger partial charge in [0, 0.05) is 16.4 Å². The van der Waals surface area contributed by atoms with Gasteiger partial charge in [0.2, 0.25) is 0 Å². The molecule has 2 aromatic carbocycles. The van der Waals surface area contributed by atoms with Crippen molar-refractivity contribution in [1.29, 1.82) is 0 Å². The van der Waals surface area contributed by atoms with Crippen LogP contribution >= 0.6 is 15.9 Å². The summed E-state index contributed by atoms with van der Waals surface area (Å²) in [4.78, 5) is 0. The number of ether oxygens (including phenoxy) is 1. The molecule has 0 bridgehead atoms. The van der Waals surface area contributed by atoms with E-state index in [1.165, 1.54) is 11.1 Å². The summed E-state index contributed by atoms with van der Waals surface area (Å²) >= 11 is 3.47. The van der Waals surface area contributed by atoms with E-state index in [0.717, 1.165) is 29.7 Å². The molecule has 0 amide bonds. The Labute approximate surface area is 133 Å². The zero-order chi connectivity index (χ0) is 14.7. The van der Waals surface area contributed by atoms with Crippen molar-refractivity contribution >= 4 is 15.9 Å². The summed E-state index contributed by atoms with van der Waals surface area (Å²) in [6, 6.07) is 16.9. The fraction of sp³-hybridized carbons (Fsp3) is 0.294. The van der Waals surface area contributed by atoms with Gasteiger partial charge in [0.15, 0.2) is 0 Å². The fourth-order valence-corrected chi connectivity index (χ4v) is 3.24. The molecule has 0 fully saturated rings. The number of halogens is 1. The number of nitrogens with one attached hydrogen (secondary N) is 1. The number of nitrogens with two attached hydrogens (primary N) is 1. The maximum atomic E-state index is 5.84. The molecule has 2 aromatic rings. The van der Waals surface area contributed by atoms with E-state index in [1.54, 1.807) is 0 Å². The van der Waals surface area contributed by atoms with E-state index in [1.807, 2.05) is 12.1 Å². The second-order valence-electron chi connectivity index (χ2n) is 5.39. The molecular weight excluding hydrogens is 328 g/mol. The van der Waals surface area contributed by atoms with Crippen LogP contribution < -0.4 is 16.0 Å². The van der Waals surface area contributed by atoms with E-state index in [0.29, 0.717) is 5.92 Å². The third-order valence-electron chi connectivity index (χ3n) is 4.07. The number of rotatable bonds is 4. The molecule has 21 heavy (non-hydrogen) atoms. The number of hydrogen-bond acceptors (Lipinski definition) is 3. The Morgan fingerprint density at radius 3 is 2.71 bits per heavy atom. The van der Waals surface area contributed by atoms with Crippen LogP contribution in [0.15, 0.2) is 53.0 Å². The molecule has 0 saturated heterocycles. The first kappa shape index (κ1) is 14.6. The quantitative estimate of drug-likeness (QED) is 0.658. The maximum absolute atomic E-state index is 5.84. The van der Waals surface area contributed by atoms with Crippen molar-refractivity contribution in [2.45, 2.75) is 24.8 Å². The monoisotopic (exact) mass is 346 g/mol. The van der Waals surface area contributed by atoms with Crippen LogP contribution in [0.5, 0.6) is 5.75 Å². The summed E-state index contributed by atoms with van der Waals surface area (Å²) in [5, 5.41) is 0. The molecular formula is C17H19BrN2O. The first-order valence-electron chi connectivity index (χ1n) is 7.20. The van der Waals surface area contributed by atoms with Gasteiger partial charge in [0.05, 0.1) is 6.61 Å². The Balaban J connectivity index is 1.82. The molecule has 3 nitrogen and oxygen atoms in total. The van der Waals surface area contributed by atoms with Crippen molar-refractivity contribution in [3.8, 4) is 5.75 Å². The van der Waals surface area contributed by atoms with Gasteiger partial charge in [-0.05, 0) is 42.2 Å². The maximum Gasteiger partial charge on any atom is 0.122 e. The average molecular weight is 347 g/mol. The van der Waals surface area contributed by atoms with Gasteiger partial charge in [-0.3, -0.25) is 11.3 Å². The van der Waals surface area contributed by atoms with Crippen molar-refractivity contribution in [2.75, 3.05) is 6.61 Å². The summed E-state index contributed by atoms with van der Waals surface area (Å²) in [5.74, 6) is 7.21. The molecule has 110 valence electrons. The van der Waals surface area contributed by atoms with E-state index in [9.17, 15) is 0 Å². The normalized spacial score (nSPS) is 18.7. The van der Waals surface area contributed by atoms with Crippen LogP contribution in [-0.4, -0.2) is 12.6 Å². The zero-order valence-corrected chi connectivity index (χ0v) is 13.3. The lowest BCUT2D eigenvalue weighted by Gasteiger charge is -2.32. The highest BCUT2D eigenvalue weighted by atomic mass is 79.9. The van der Waals surface area contributed by atoms with Gasteiger partial charge in [-0.25, -0.2) is 0 Å². The molecule has 1 heterocycles.